The maximum absolute atomic E-state index is 15.8. The van der Waals surface area contributed by atoms with Gasteiger partial charge in [0, 0.05) is 12.1 Å². The van der Waals surface area contributed by atoms with Crippen molar-refractivity contribution in [3.8, 4) is 0 Å². The molecule has 4 rings (SSSR count). The summed E-state index contributed by atoms with van der Waals surface area (Å²) in [6, 6.07) is 5.03. The van der Waals surface area contributed by atoms with Crippen molar-refractivity contribution in [2.45, 2.75) is 58.1 Å². The molecule has 2 amide bonds. The molecule has 0 bridgehead atoms. The quantitative estimate of drug-likeness (QED) is 0.400. The number of nitrogens with zero attached hydrogens (tertiary/aromatic N) is 2. The number of hydrogen-bond acceptors (Lipinski definition) is 10. The molecule has 2 aliphatic rings. The van der Waals surface area contributed by atoms with Crippen LogP contribution in [0.4, 0.5) is 9.18 Å². The SMILES string of the molecule is CNC(=O)C(C)(C)c1nnc(C2=C(F)NC3=C(C(=O)[C@@H](NC(=O)OC(C)(C)C)CS3(=O)=O)C(Cc3ccc(Cl)cc3)=C2)o1. The van der Waals surface area contributed by atoms with E-state index in [2.05, 4.69) is 26.1 Å². The number of Topliss-reactive ketones (excluding diaryl/α,β-unsaturated/α-hetero) is 1. The summed E-state index contributed by atoms with van der Waals surface area (Å²) in [5.74, 6) is -3.71. The number of allylic oxidation sites excluding steroid dienone is 3. The summed E-state index contributed by atoms with van der Waals surface area (Å²) in [4.78, 5) is 38.7. The lowest BCUT2D eigenvalue weighted by atomic mass is 9.91. The van der Waals surface area contributed by atoms with Crippen LogP contribution in [-0.2, 0) is 36.0 Å². The van der Waals surface area contributed by atoms with Gasteiger partial charge in [-0.15, -0.1) is 10.2 Å². The normalized spacial score (nSPS) is 18.7. The van der Waals surface area contributed by atoms with E-state index >= 15 is 4.39 Å². The monoisotopic (exact) mass is 635 g/mol. The summed E-state index contributed by atoms with van der Waals surface area (Å²) >= 11 is 6.03. The number of benzene rings is 1. The third kappa shape index (κ3) is 6.80. The number of aromatic nitrogens is 2. The Bertz CT molecular complexity index is 1690. The average Bonchev–Trinajstić information content (AvgIpc) is 3.34. The third-order valence-corrected chi connectivity index (χ3v) is 8.52. The Labute approximate surface area is 252 Å². The molecule has 2 aromatic rings. The minimum atomic E-state index is -4.36. The van der Waals surface area contributed by atoms with Crippen LogP contribution in [0.5, 0.6) is 0 Å². The second-order valence-electron chi connectivity index (χ2n) is 11.5. The Hall–Kier alpha value is -4.04. The lowest BCUT2D eigenvalue weighted by Crippen LogP contribution is -2.51. The number of amides is 2. The van der Waals surface area contributed by atoms with E-state index in [1.807, 2.05) is 0 Å². The number of carbonyl (C=O) groups excluding carboxylic acids is 3. The van der Waals surface area contributed by atoms with Gasteiger partial charge in [-0.1, -0.05) is 23.7 Å². The summed E-state index contributed by atoms with van der Waals surface area (Å²) in [7, 11) is -2.93. The highest BCUT2D eigenvalue weighted by molar-refractivity contribution is 7.95. The Morgan fingerprint density at radius 1 is 1.16 bits per heavy atom. The first-order valence-electron chi connectivity index (χ1n) is 13.1. The van der Waals surface area contributed by atoms with E-state index in [-0.39, 0.29) is 34.9 Å². The summed E-state index contributed by atoms with van der Waals surface area (Å²) in [5, 5.41) is 14.7. The standard InChI is InChI=1S/C28H31ClFN5O7S/c1-27(2,3)42-26(38)32-18-13-43(39,40)23-19(20(18)36)15(11-14-7-9-16(29)10-8-14)12-17(21(30)33-23)22-34-35-25(41-22)28(4,5)24(37)31-6/h7-10,12,18,33H,11,13H2,1-6H3,(H,31,37)(H,32,38)/t18-/m0/s1. The van der Waals surface area contributed by atoms with Crippen LogP contribution in [0.15, 0.2) is 56.9 Å². The zero-order valence-corrected chi connectivity index (χ0v) is 25.9. The predicted molar refractivity (Wildman–Crippen MR) is 155 cm³/mol. The lowest BCUT2D eigenvalue weighted by molar-refractivity contribution is -0.125. The van der Waals surface area contributed by atoms with Crippen LogP contribution < -0.4 is 16.0 Å². The number of likely N-dealkylation sites (N-methyl/N-ethyl adjacent to an activating group) is 1. The second kappa shape index (κ2) is 11.6. The van der Waals surface area contributed by atoms with Gasteiger partial charge in [0.2, 0.25) is 17.7 Å². The van der Waals surface area contributed by atoms with E-state index in [9.17, 15) is 22.8 Å². The highest BCUT2D eigenvalue weighted by Crippen LogP contribution is 2.36. The summed E-state index contributed by atoms with van der Waals surface area (Å²) in [6.45, 7) is 7.91. The topological polar surface area (TPSA) is 170 Å². The molecule has 1 aromatic carbocycles. The van der Waals surface area contributed by atoms with Gasteiger partial charge in [0.05, 0.1) is 16.9 Å². The van der Waals surface area contributed by atoms with Crippen LogP contribution >= 0.6 is 11.6 Å². The van der Waals surface area contributed by atoms with E-state index in [0.717, 1.165) is 0 Å². The van der Waals surface area contributed by atoms with Crippen molar-refractivity contribution in [1.29, 1.82) is 0 Å². The van der Waals surface area contributed by atoms with Gasteiger partial charge in [0.1, 0.15) is 22.1 Å². The molecule has 230 valence electrons. The number of rotatable bonds is 6. The van der Waals surface area contributed by atoms with Crippen molar-refractivity contribution in [3.63, 3.8) is 0 Å². The van der Waals surface area contributed by atoms with Crippen molar-refractivity contribution < 1.29 is 36.3 Å². The van der Waals surface area contributed by atoms with Crippen molar-refractivity contribution in [3.05, 3.63) is 74.8 Å². The third-order valence-electron chi connectivity index (χ3n) is 6.57. The molecule has 0 fully saturated rings. The number of halogens is 2. The summed E-state index contributed by atoms with van der Waals surface area (Å²) < 4.78 is 53.7. The molecular formula is C28H31ClFN5O7S. The maximum atomic E-state index is 15.8. The first-order valence-corrected chi connectivity index (χ1v) is 15.2. The lowest BCUT2D eigenvalue weighted by Gasteiger charge is -2.28. The molecule has 43 heavy (non-hydrogen) atoms. The van der Waals surface area contributed by atoms with Crippen LogP contribution in [0.1, 0.15) is 52.0 Å². The predicted octanol–water partition coefficient (Wildman–Crippen LogP) is 3.26. The van der Waals surface area contributed by atoms with E-state index in [0.29, 0.717) is 10.6 Å². The number of alkyl carbamates (subject to hydrolysis) is 1. The Morgan fingerprint density at radius 3 is 2.42 bits per heavy atom. The van der Waals surface area contributed by atoms with E-state index in [1.54, 1.807) is 45.0 Å². The fourth-order valence-corrected chi connectivity index (χ4v) is 6.16. The molecule has 12 nitrogen and oxygen atoms in total. The molecular weight excluding hydrogens is 605 g/mol. The molecule has 1 atom stereocenters. The minimum Gasteiger partial charge on any atom is -0.444 e. The van der Waals surface area contributed by atoms with Crippen LogP contribution in [0.2, 0.25) is 5.02 Å². The first-order chi connectivity index (χ1) is 19.9. The number of ketones is 1. The number of carbonyl (C=O) groups is 3. The van der Waals surface area contributed by atoms with Crippen LogP contribution in [0.25, 0.3) is 5.57 Å². The second-order valence-corrected chi connectivity index (χ2v) is 13.9. The molecule has 0 saturated heterocycles. The van der Waals surface area contributed by atoms with Crippen LogP contribution in [0.3, 0.4) is 0 Å². The molecule has 0 radical (unpaired) electrons. The Balaban J connectivity index is 1.84. The molecule has 2 aliphatic heterocycles. The Morgan fingerprint density at radius 2 is 1.81 bits per heavy atom. The van der Waals surface area contributed by atoms with E-state index in [4.69, 9.17) is 20.8 Å². The number of sulfone groups is 1. The molecule has 3 N–H and O–H groups in total. The molecule has 0 unspecified atom stereocenters. The first kappa shape index (κ1) is 31.9. The number of ether oxygens (including phenoxy) is 1. The van der Waals surface area contributed by atoms with Gasteiger partial charge in [0.25, 0.3) is 5.89 Å². The van der Waals surface area contributed by atoms with Crippen molar-refractivity contribution in [1.82, 2.24) is 26.1 Å². The molecule has 3 heterocycles. The minimum absolute atomic E-state index is 0.0421. The van der Waals surface area contributed by atoms with Gasteiger partial charge in [0.15, 0.2) is 15.6 Å². The van der Waals surface area contributed by atoms with Gasteiger partial charge in [-0.3, -0.25) is 9.59 Å². The fraction of sp³-hybridized carbons (Fsp3) is 0.393. The Kier molecular flexibility index (Phi) is 8.58. The van der Waals surface area contributed by atoms with Gasteiger partial charge in [-0.2, -0.15) is 4.39 Å². The summed E-state index contributed by atoms with van der Waals surface area (Å²) in [6.07, 6.45) is 0.198. The van der Waals surface area contributed by atoms with Gasteiger partial charge in [-0.25, -0.2) is 13.2 Å². The van der Waals surface area contributed by atoms with E-state index in [1.165, 1.54) is 27.0 Å². The largest absolute Gasteiger partial charge is 0.444 e. The van der Waals surface area contributed by atoms with E-state index < -0.39 is 61.4 Å². The van der Waals surface area contributed by atoms with Crippen LogP contribution in [0, 0.1) is 0 Å². The molecule has 1 aromatic heterocycles. The summed E-state index contributed by atoms with van der Waals surface area (Å²) in [5.41, 5.74) is -2.18. The van der Waals surface area contributed by atoms with Gasteiger partial charge in [-0.05, 0) is 70.4 Å². The highest BCUT2D eigenvalue weighted by atomic mass is 35.5. The van der Waals surface area contributed by atoms with Crippen molar-refractivity contribution in [2.24, 2.45) is 0 Å². The molecule has 0 saturated carbocycles. The number of hydrogen-bond donors (Lipinski definition) is 3. The molecule has 0 aliphatic carbocycles. The average molecular weight is 636 g/mol. The maximum Gasteiger partial charge on any atom is 0.408 e. The molecule has 0 spiro atoms. The fourth-order valence-electron chi connectivity index (χ4n) is 4.41. The van der Waals surface area contributed by atoms with Crippen molar-refractivity contribution in [2.75, 3.05) is 12.8 Å². The van der Waals surface area contributed by atoms with Gasteiger partial charge >= 0.3 is 6.09 Å². The van der Waals surface area contributed by atoms with Gasteiger partial charge < -0.3 is 25.1 Å². The smallest absolute Gasteiger partial charge is 0.408 e. The zero-order chi connectivity index (χ0) is 31.9. The van der Waals surface area contributed by atoms with Crippen molar-refractivity contribution >= 4 is 44.8 Å². The highest BCUT2D eigenvalue weighted by Gasteiger charge is 2.44. The molecule has 15 heteroatoms. The van der Waals surface area contributed by atoms with Crippen LogP contribution in [-0.4, -0.2) is 60.8 Å². The number of nitrogens with one attached hydrogen (secondary N) is 3. The zero-order valence-electron chi connectivity index (χ0n) is 24.3.